The molecule has 0 aromatic heterocycles. The van der Waals surface area contributed by atoms with Crippen LogP contribution in [0.25, 0.3) is 0 Å². The van der Waals surface area contributed by atoms with E-state index in [-0.39, 0.29) is 24.6 Å². The van der Waals surface area contributed by atoms with Crippen molar-refractivity contribution in [2.45, 2.75) is 32.3 Å². The highest BCUT2D eigenvalue weighted by Crippen LogP contribution is 2.36. The first-order valence-corrected chi connectivity index (χ1v) is 7.50. The lowest BCUT2D eigenvalue weighted by atomic mass is 9.73. The molecule has 0 unspecified atom stereocenters. The Morgan fingerprint density at radius 2 is 2.23 bits per heavy atom. The minimum Gasteiger partial charge on any atom is -0.505 e. The zero-order valence-corrected chi connectivity index (χ0v) is 12.6. The number of amides is 1. The summed E-state index contributed by atoms with van der Waals surface area (Å²) < 4.78 is 13.4. The number of likely N-dealkylation sites (tertiary alicyclic amines) is 1. The molecule has 1 saturated heterocycles. The highest BCUT2D eigenvalue weighted by Gasteiger charge is 2.42. The van der Waals surface area contributed by atoms with Gasteiger partial charge in [-0.05, 0) is 31.0 Å². The lowest BCUT2D eigenvalue weighted by Gasteiger charge is -2.44. The van der Waals surface area contributed by atoms with Crippen LogP contribution in [0.4, 0.5) is 4.39 Å². The number of aromatic hydroxyl groups is 1. The maximum absolute atomic E-state index is 13.4. The van der Waals surface area contributed by atoms with Crippen LogP contribution in [0.5, 0.6) is 5.75 Å². The summed E-state index contributed by atoms with van der Waals surface area (Å²) in [5.74, 6) is -1.74. The van der Waals surface area contributed by atoms with Crippen LogP contribution in [0.3, 0.4) is 0 Å². The summed E-state index contributed by atoms with van der Waals surface area (Å²) in [6.07, 6.45) is 1.23. The third kappa shape index (κ3) is 3.08. The number of carbonyl (C=O) groups is 1. The zero-order valence-electron chi connectivity index (χ0n) is 12.6. The topological polar surface area (TPSA) is 81.0 Å². The van der Waals surface area contributed by atoms with Gasteiger partial charge in [-0.1, -0.05) is 13.3 Å². The molecule has 3 N–H and O–H groups in total. The molecule has 0 aliphatic carbocycles. The van der Waals surface area contributed by atoms with E-state index in [4.69, 9.17) is 5.11 Å². The maximum Gasteiger partial charge on any atom is 0.254 e. The Balaban J connectivity index is 2.12. The Labute approximate surface area is 129 Å². The van der Waals surface area contributed by atoms with Crippen molar-refractivity contribution >= 4 is 5.91 Å². The standard InChI is InChI=1S/C16H22FNO4/c1-2-5-16(10-19)6-7-18(9-14(16)21)15(22)11-3-4-13(20)12(17)8-11/h3-4,8,14,19-21H,2,5-7,9-10H2,1H3/t14-,16-/m1/s1. The van der Waals surface area contributed by atoms with Crippen molar-refractivity contribution in [2.75, 3.05) is 19.7 Å². The molecule has 122 valence electrons. The molecule has 1 aromatic rings. The molecule has 1 heterocycles. The lowest BCUT2D eigenvalue weighted by molar-refractivity contribution is -0.0713. The van der Waals surface area contributed by atoms with Crippen LogP contribution in [0.2, 0.25) is 0 Å². The predicted octanol–water partition coefficient (Wildman–Crippen LogP) is 1.52. The number of benzene rings is 1. The molecule has 1 aliphatic rings. The van der Waals surface area contributed by atoms with E-state index >= 15 is 0 Å². The number of hydrogen-bond donors (Lipinski definition) is 3. The van der Waals surface area contributed by atoms with Gasteiger partial charge in [0.2, 0.25) is 0 Å². The van der Waals surface area contributed by atoms with Crippen LogP contribution >= 0.6 is 0 Å². The summed E-state index contributed by atoms with van der Waals surface area (Å²) in [6, 6.07) is 3.48. The van der Waals surface area contributed by atoms with Crippen LogP contribution in [0.15, 0.2) is 18.2 Å². The number of halogens is 1. The Hall–Kier alpha value is -1.66. The Morgan fingerprint density at radius 3 is 2.77 bits per heavy atom. The number of hydrogen-bond acceptors (Lipinski definition) is 4. The molecule has 0 radical (unpaired) electrons. The van der Waals surface area contributed by atoms with E-state index < -0.39 is 23.1 Å². The molecule has 0 spiro atoms. The highest BCUT2D eigenvalue weighted by atomic mass is 19.1. The van der Waals surface area contributed by atoms with Crippen molar-refractivity contribution in [2.24, 2.45) is 5.41 Å². The number of phenols is 1. The van der Waals surface area contributed by atoms with Crippen molar-refractivity contribution < 1.29 is 24.5 Å². The summed E-state index contributed by atoms with van der Waals surface area (Å²) in [5, 5.41) is 29.1. The van der Waals surface area contributed by atoms with E-state index in [1.165, 1.54) is 11.0 Å². The Morgan fingerprint density at radius 1 is 1.50 bits per heavy atom. The van der Waals surface area contributed by atoms with Gasteiger partial charge in [0.15, 0.2) is 11.6 Å². The molecule has 1 amide bonds. The third-order valence-electron chi connectivity index (χ3n) is 4.52. The summed E-state index contributed by atoms with van der Waals surface area (Å²) in [6.45, 7) is 2.39. The first kappa shape index (κ1) is 16.7. The van der Waals surface area contributed by atoms with Crippen LogP contribution < -0.4 is 0 Å². The number of phenolic OH excluding ortho intramolecular Hbond substituents is 1. The molecule has 1 aromatic carbocycles. The molecule has 1 aliphatic heterocycles. The smallest absolute Gasteiger partial charge is 0.254 e. The minimum absolute atomic E-state index is 0.113. The van der Waals surface area contributed by atoms with Crippen LogP contribution in [0.1, 0.15) is 36.5 Å². The average molecular weight is 311 g/mol. The number of aliphatic hydroxyl groups is 2. The van der Waals surface area contributed by atoms with Crippen LogP contribution in [-0.2, 0) is 0 Å². The first-order chi connectivity index (χ1) is 10.4. The summed E-state index contributed by atoms with van der Waals surface area (Å²) in [4.78, 5) is 13.8. The predicted molar refractivity (Wildman–Crippen MR) is 79.0 cm³/mol. The van der Waals surface area contributed by atoms with Crippen molar-refractivity contribution in [3.63, 3.8) is 0 Å². The molecular weight excluding hydrogens is 289 g/mol. The number of rotatable bonds is 4. The molecule has 0 bridgehead atoms. The fourth-order valence-electron chi connectivity index (χ4n) is 3.08. The fraction of sp³-hybridized carbons (Fsp3) is 0.562. The first-order valence-electron chi connectivity index (χ1n) is 7.50. The average Bonchev–Trinajstić information content (AvgIpc) is 2.51. The number of aliphatic hydroxyl groups excluding tert-OH is 2. The molecule has 1 fully saturated rings. The van der Waals surface area contributed by atoms with Crippen molar-refractivity contribution in [3.05, 3.63) is 29.6 Å². The van der Waals surface area contributed by atoms with Gasteiger partial charge in [0.1, 0.15) is 0 Å². The van der Waals surface area contributed by atoms with Gasteiger partial charge in [-0.3, -0.25) is 4.79 Å². The molecule has 5 nitrogen and oxygen atoms in total. The second kappa shape index (κ2) is 6.62. The van der Waals surface area contributed by atoms with Gasteiger partial charge in [0.05, 0.1) is 12.7 Å². The number of β-amino-alcohol motifs (C(OH)–C–C–N with tert-alkyl or cyclic N) is 1. The number of piperidine rings is 1. The van der Waals surface area contributed by atoms with Crippen molar-refractivity contribution in [1.29, 1.82) is 0 Å². The monoisotopic (exact) mass is 311 g/mol. The maximum atomic E-state index is 13.4. The molecule has 22 heavy (non-hydrogen) atoms. The lowest BCUT2D eigenvalue weighted by Crippen LogP contribution is -2.54. The fourth-order valence-corrected chi connectivity index (χ4v) is 3.08. The molecule has 2 atom stereocenters. The second-order valence-corrected chi connectivity index (χ2v) is 5.95. The molecule has 2 rings (SSSR count). The van der Waals surface area contributed by atoms with Gasteiger partial charge in [-0.15, -0.1) is 0 Å². The van der Waals surface area contributed by atoms with E-state index in [9.17, 15) is 19.4 Å². The van der Waals surface area contributed by atoms with E-state index in [0.717, 1.165) is 18.6 Å². The molecule has 6 heteroatoms. The quantitative estimate of drug-likeness (QED) is 0.787. The number of nitrogens with zero attached hydrogens (tertiary/aromatic N) is 1. The molecule has 0 saturated carbocycles. The van der Waals surface area contributed by atoms with E-state index in [1.54, 1.807) is 0 Å². The molecular formula is C16H22FNO4. The zero-order chi connectivity index (χ0) is 16.3. The van der Waals surface area contributed by atoms with Crippen LogP contribution in [0, 0.1) is 11.2 Å². The van der Waals surface area contributed by atoms with Gasteiger partial charge in [-0.25, -0.2) is 4.39 Å². The second-order valence-electron chi connectivity index (χ2n) is 5.95. The summed E-state index contributed by atoms with van der Waals surface area (Å²) in [5.41, 5.74) is -0.430. The SMILES string of the molecule is CCC[C@]1(CO)CCN(C(=O)c2ccc(O)c(F)c2)C[C@H]1O. The van der Waals surface area contributed by atoms with Gasteiger partial charge in [0.25, 0.3) is 5.91 Å². The van der Waals surface area contributed by atoms with E-state index in [1.807, 2.05) is 6.92 Å². The minimum atomic E-state index is -0.848. The third-order valence-corrected chi connectivity index (χ3v) is 4.52. The van der Waals surface area contributed by atoms with E-state index in [0.29, 0.717) is 19.4 Å². The Bertz CT molecular complexity index is 551. The van der Waals surface area contributed by atoms with E-state index in [2.05, 4.69) is 0 Å². The summed E-state index contributed by atoms with van der Waals surface area (Å²) >= 11 is 0. The van der Waals surface area contributed by atoms with Crippen molar-refractivity contribution in [1.82, 2.24) is 4.90 Å². The van der Waals surface area contributed by atoms with Gasteiger partial charge in [0, 0.05) is 24.1 Å². The van der Waals surface area contributed by atoms with Crippen molar-refractivity contribution in [3.8, 4) is 5.75 Å². The van der Waals surface area contributed by atoms with Gasteiger partial charge >= 0.3 is 0 Å². The normalized spacial score (nSPS) is 25.3. The van der Waals surface area contributed by atoms with Gasteiger partial charge in [-0.2, -0.15) is 0 Å². The summed E-state index contributed by atoms with van der Waals surface area (Å²) in [7, 11) is 0. The Kier molecular flexibility index (Phi) is 5.03. The van der Waals surface area contributed by atoms with Crippen LogP contribution in [-0.4, -0.2) is 51.9 Å². The highest BCUT2D eigenvalue weighted by molar-refractivity contribution is 5.94. The van der Waals surface area contributed by atoms with Gasteiger partial charge < -0.3 is 20.2 Å². The number of carbonyl (C=O) groups excluding carboxylic acids is 1. The largest absolute Gasteiger partial charge is 0.505 e.